The van der Waals surface area contributed by atoms with Crippen LogP contribution in [-0.4, -0.2) is 24.2 Å². The molecule has 1 fully saturated rings. The summed E-state index contributed by atoms with van der Waals surface area (Å²) in [7, 11) is 0. The molecule has 1 atom stereocenters. The summed E-state index contributed by atoms with van der Waals surface area (Å²) in [5.74, 6) is 0. The third-order valence-electron chi connectivity index (χ3n) is 2.98. The maximum absolute atomic E-state index is 5.66. The lowest BCUT2D eigenvalue weighted by Gasteiger charge is -2.23. The van der Waals surface area contributed by atoms with Crippen LogP contribution in [-0.2, 0) is 4.74 Å². The van der Waals surface area contributed by atoms with Crippen LogP contribution >= 0.6 is 12.2 Å². The summed E-state index contributed by atoms with van der Waals surface area (Å²) >= 11 is 4.91. The van der Waals surface area contributed by atoms with Crippen LogP contribution in [0.4, 0.5) is 5.69 Å². The smallest absolute Gasteiger partial charge is 0.103 e. The molecule has 0 aliphatic carbocycles. The second-order valence-electron chi connectivity index (χ2n) is 4.31. The highest BCUT2D eigenvalue weighted by atomic mass is 32.1. The molecule has 1 aliphatic rings. The predicted octanol–water partition coefficient (Wildman–Crippen LogP) is 2.30. The van der Waals surface area contributed by atoms with E-state index < -0.39 is 0 Å². The number of benzene rings is 1. The van der Waals surface area contributed by atoms with Gasteiger partial charge in [-0.3, -0.25) is 0 Å². The van der Waals surface area contributed by atoms with Crippen LogP contribution in [0, 0.1) is 0 Å². The van der Waals surface area contributed by atoms with Gasteiger partial charge >= 0.3 is 0 Å². The van der Waals surface area contributed by atoms with Crippen molar-refractivity contribution in [3.63, 3.8) is 0 Å². The van der Waals surface area contributed by atoms with Gasteiger partial charge in [0.15, 0.2) is 0 Å². The third kappa shape index (κ3) is 3.68. The second kappa shape index (κ2) is 5.98. The molecule has 0 radical (unpaired) electrons. The van der Waals surface area contributed by atoms with E-state index in [2.05, 4.69) is 5.32 Å². The first-order valence-electron chi connectivity index (χ1n) is 6.01. The highest BCUT2D eigenvalue weighted by Crippen LogP contribution is 2.14. The van der Waals surface area contributed by atoms with Crippen molar-refractivity contribution in [2.45, 2.75) is 25.4 Å². The van der Waals surface area contributed by atoms with E-state index in [4.69, 9.17) is 22.7 Å². The van der Waals surface area contributed by atoms with Crippen molar-refractivity contribution in [3.8, 4) is 0 Å². The van der Waals surface area contributed by atoms with Crippen molar-refractivity contribution in [2.75, 3.05) is 18.5 Å². The van der Waals surface area contributed by atoms with E-state index in [0.29, 0.717) is 11.1 Å². The Morgan fingerprint density at radius 2 is 2.12 bits per heavy atom. The number of rotatable bonds is 4. The molecule has 1 saturated heterocycles. The first kappa shape index (κ1) is 12.3. The Morgan fingerprint density at radius 3 is 2.71 bits per heavy atom. The van der Waals surface area contributed by atoms with E-state index in [-0.39, 0.29) is 0 Å². The summed E-state index contributed by atoms with van der Waals surface area (Å²) in [6, 6.07) is 7.87. The zero-order valence-electron chi connectivity index (χ0n) is 9.82. The Balaban J connectivity index is 1.84. The molecule has 0 bridgehead atoms. The fourth-order valence-electron chi connectivity index (χ4n) is 1.95. The van der Waals surface area contributed by atoms with Gasteiger partial charge in [-0.1, -0.05) is 12.2 Å². The van der Waals surface area contributed by atoms with Gasteiger partial charge < -0.3 is 15.8 Å². The van der Waals surface area contributed by atoms with Crippen LogP contribution < -0.4 is 11.1 Å². The van der Waals surface area contributed by atoms with E-state index in [1.54, 1.807) is 0 Å². The lowest BCUT2D eigenvalue weighted by Crippen LogP contribution is -2.26. The van der Waals surface area contributed by atoms with Crippen LogP contribution in [0.15, 0.2) is 24.3 Å². The first-order valence-corrected chi connectivity index (χ1v) is 6.42. The van der Waals surface area contributed by atoms with Crippen LogP contribution in [0.1, 0.15) is 24.8 Å². The number of hydrogen-bond donors (Lipinski definition) is 2. The highest BCUT2D eigenvalue weighted by Gasteiger charge is 2.12. The minimum absolute atomic E-state index is 0.346. The minimum Gasteiger partial charge on any atom is -0.389 e. The molecule has 17 heavy (non-hydrogen) atoms. The zero-order valence-corrected chi connectivity index (χ0v) is 10.6. The molecular weight excluding hydrogens is 232 g/mol. The van der Waals surface area contributed by atoms with Crippen LogP contribution in [0.2, 0.25) is 0 Å². The van der Waals surface area contributed by atoms with Gasteiger partial charge in [-0.05, 0) is 43.5 Å². The molecule has 1 unspecified atom stereocenters. The van der Waals surface area contributed by atoms with E-state index in [1.807, 2.05) is 24.3 Å². The van der Waals surface area contributed by atoms with Crippen molar-refractivity contribution in [1.82, 2.24) is 0 Å². The normalized spacial score (nSPS) is 19.9. The summed E-state index contributed by atoms with van der Waals surface area (Å²) in [5, 5.41) is 3.37. The molecule has 0 spiro atoms. The molecule has 1 aromatic carbocycles. The van der Waals surface area contributed by atoms with E-state index in [1.165, 1.54) is 12.8 Å². The molecule has 0 saturated carbocycles. The Labute approximate surface area is 107 Å². The van der Waals surface area contributed by atoms with Gasteiger partial charge in [-0.15, -0.1) is 0 Å². The van der Waals surface area contributed by atoms with Gasteiger partial charge in [0.25, 0.3) is 0 Å². The summed E-state index contributed by atoms with van der Waals surface area (Å²) in [6.45, 7) is 1.76. The first-order chi connectivity index (χ1) is 8.25. The standard InChI is InChI=1S/C13H18N2OS/c14-13(17)10-4-6-11(7-5-10)15-9-12-3-1-2-8-16-12/h4-7,12,15H,1-3,8-9H2,(H2,14,17). The lowest BCUT2D eigenvalue weighted by atomic mass is 10.1. The average Bonchev–Trinajstić information content (AvgIpc) is 2.38. The van der Waals surface area contributed by atoms with Crippen LogP contribution in [0.25, 0.3) is 0 Å². The summed E-state index contributed by atoms with van der Waals surface area (Å²) < 4.78 is 5.66. The number of nitrogens with two attached hydrogens (primary N) is 1. The summed E-state index contributed by atoms with van der Waals surface area (Å²) in [5.41, 5.74) is 7.53. The van der Waals surface area contributed by atoms with Crippen LogP contribution in [0.3, 0.4) is 0 Å². The number of thiocarbonyl (C=S) groups is 1. The fourth-order valence-corrected chi connectivity index (χ4v) is 2.09. The van der Waals surface area contributed by atoms with Gasteiger partial charge in [0.05, 0.1) is 6.10 Å². The molecule has 1 heterocycles. The van der Waals surface area contributed by atoms with E-state index >= 15 is 0 Å². The van der Waals surface area contributed by atoms with Gasteiger partial charge in [-0.25, -0.2) is 0 Å². The highest BCUT2D eigenvalue weighted by molar-refractivity contribution is 7.80. The zero-order chi connectivity index (χ0) is 12.1. The van der Waals surface area contributed by atoms with Gasteiger partial charge in [0, 0.05) is 24.4 Å². The molecule has 0 amide bonds. The summed E-state index contributed by atoms with van der Waals surface area (Å²) in [4.78, 5) is 0.437. The number of hydrogen-bond acceptors (Lipinski definition) is 3. The van der Waals surface area contributed by atoms with E-state index in [0.717, 1.165) is 30.8 Å². The van der Waals surface area contributed by atoms with Gasteiger partial charge in [0.1, 0.15) is 4.99 Å². The molecule has 2 rings (SSSR count). The number of ether oxygens (including phenoxy) is 1. The minimum atomic E-state index is 0.346. The quantitative estimate of drug-likeness (QED) is 0.805. The maximum Gasteiger partial charge on any atom is 0.103 e. The summed E-state index contributed by atoms with van der Waals surface area (Å²) in [6.07, 6.45) is 3.96. The Bertz CT molecular complexity index is 372. The van der Waals surface area contributed by atoms with Crippen molar-refractivity contribution in [3.05, 3.63) is 29.8 Å². The predicted molar refractivity (Wildman–Crippen MR) is 74.4 cm³/mol. The molecular formula is C13H18N2OS. The second-order valence-corrected chi connectivity index (χ2v) is 4.75. The van der Waals surface area contributed by atoms with Crippen molar-refractivity contribution in [2.24, 2.45) is 5.73 Å². The third-order valence-corrected chi connectivity index (χ3v) is 3.21. The van der Waals surface area contributed by atoms with Crippen LogP contribution in [0.5, 0.6) is 0 Å². The lowest BCUT2D eigenvalue weighted by molar-refractivity contribution is 0.0247. The monoisotopic (exact) mass is 250 g/mol. The Kier molecular flexibility index (Phi) is 4.34. The van der Waals surface area contributed by atoms with Crippen molar-refractivity contribution >= 4 is 22.9 Å². The fraction of sp³-hybridized carbons (Fsp3) is 0.462. The molecule has 0 aromatic heterocycles. The largest absolute Gasteiger partial charge is 0.389 e. The van der Waals surface area contributed by atoms with Gasteiger partial charge in [-0.2, -0.15) is 0 Å². The molecule has 4 heteroatoms. The molecule has 1 aliphatic heterocycles. The molecule has 92 valence electrons. The van der Waals surface area contributed by atoms with Crippen molar-refractivity contribution in [1.29, 1.82) is 0 Å². The molecule has 3 N–H and O–H groups in total. The number of anilines is 1. The average molecular weight is 250 g/mol. The van der Waals surface area contributed by atoms with E-state index in [9.17, 15) is 0 Å². The maximum atomic E-state index is 5.66. The molecule has 1 aromatic rings. The Hall–Kier alpha value is -1.13. The molecule has 3 nitrogen and oxygen atoms in total. The van der Waals surface area contributed by atoms with Crippen molar-refractivity contribution < 1.29 is 4.74 Å². The Morgan fingerprint density at radius 1 is 1.35 bits per heavy atom. The number of nitrogens with one attached hydrogen (secondary N) is 1. The van der Waals surface area contributed by atoms with Gasteiger partial charge in [0.2, 0.25) is 0 Å². The SMILES string of the molecule is NC(=S)c1ccc(NCC2CCCCO2)cc1. The topological polar surface area (TPSA) is 47.3 Å².